The minimum absolute atomic E-state index is 0.0189. The van der Waals surface area contributed by atoms with Gasteiger partial charge in [0, 0.05) is 30.2 Å². The second-order valence-corrected chi connectivity index (χ2v) is 8.43. The van der Waals surface area contributed by atoms with E-state index in [9.17, 15) is 14.4 Å². The maximum absolute atomic E-state index is 13.3. The second-order valence-electron chi connectivity index (χ2n) is 8.43. The molecule has 1 amide bonds. The number of aromatic amines is 2. The number of amides is 1. The molecule has 0 fully saturated rings. The smallest absolute Gasteiger partial charge is 0.330 e. The van der Waals surface area contributed by atoms with Crippen LogP contribution < -0.4 is 21.9 Å². The molecule has 0 aliphatic heterocycles. The minimum atomic E-state index is -0.648. The first-order valence-electron chi connectivity index (χ1n) is 10.2. The zero-order valence-electron chi connectivity index (χ0n) is 17.9. The van der Waals surface area contributed by atoms with Crippen molar-refractivity contribution in [2.45, 2.75) is 40.7 Å². The molecular formula is C22H29N5O3. The van der Waals surface area contributed by atoms with Crippen LogP contribution in [0.5, 0.6) is 0 Å². The van der Waals surface area contributed by atoms with Crippen LogP contribution in [0.2, 0.25) is 0 Å². The number of hydrogen-bond donors (Lipinski definition) is 3. The maximum atomic E-state index is 13.3. The number of nitrogens with two attached hydrogens (primary N) is 1. The molecule has 0 aliphatic carbocycles. The highest BCUT2D eigenvalue weighted by molar-refractivity contribution is 5.99. The van der Waals surface area contributed by atoms with Gasteiger partial charge in [0.2, 0.25) is 5.91 Å². The van der Waals surface area contributed by atoms with Crippen LogP contribution in [0.25, 0.3) is 10.9 Å². The molecule has 0 unspecified atom stereocenters. The Hall–Kier alpha value is -3.29. The molecule has 2 heterocycles. The highest BCUT2D eigenvalue weighted by Crippen LogP contribution is 2.23. The van der Waals surface area contributed by atoms with Gasteiger partial charge in [-0.3, -0.25) is 19.1 Å². The largest absolute Gasteiger partial charge is 0.383 e. The van der Waals surface area contributed by atoms with Crippen molar-refractivity contribution in [3.63, 3.8) is 0 Å². The van der Waals surface area contributed by atoms with E-state index in [4.69, 9.17) is 5.73 Å². The fourth-order valence-electron chi connectivity index (χ4n) is 3.60. The maximum Gasteiger partial charge on any atom is 0.330 e. The number of carbonyl (C=O) groups is 1. The van der Waals surface area contributed by atoms with Crippen LogP contribution in [0, 0.1) is 11.8 Å². The first kappa shape index (κ1) is 21.4. The van der Waals surface area contributed by atoms with Crippen LogP contribution in [0.4, 0.5) is 11.5 Å². The molecule has 8 heteroatoms. The normalized spacial score (nSPS) is 11.5. The number of nitrogens with zero attached hydrogens (tertiary/aromatic N) is 2. The predicted molar refractivity (Wildman–Crippen MR) is 120 cm³/mol. The van der Waals surface area contributed by atoms with Gasteiger partial charge in [0.1, 0.15) is 5.82 Å². The molecule has 3 rings (SSSR count). The quantitative estimate of drug-likeness (QED) is 0.554. The molecule has 8 nitrogen and oxygen atoms in total. The van der Waals surface area contributed by atoms with E-state index < -0.39 is 11.2 Å². The molecule has 0 saturated carbocycles. The van der Waals surface area contributed by atoms with Gasteiger partial charge in [-0.2, -0.15) is 0 Å². The second kappa shape index (κ2) is 8.61. The zero-order valence-corrected chi connectivity index (χ0v) is 17.9. The van der Waals surface area contributed by atoms with Crippen LogP contribution in [-0.4, -0.2) is 27.0 Å². The molecule has 160 valence electrons. The highest BCUT2D eigenvalue weighted by atomic mass is 16.2. The Morgan fingerprint density at radius 3 is 2.50 bits per heavy atom. The summed E-state index contributed by atoms with van der Waals surface area (Å²) in [6.45, 7) is 8.48. The topological polar surface area (TPSA) is 117 Å². The van der Waals surface area contributed by atoms with Crippen molar-refractivity contribution in [3.05, 3.63) is 56.9 Å². The van der Waals surface area contributed by atoms with Crippen molar-refractivity contribution >= 4 is 28.3 Å². The first-order valence-corrected chi connectivity index (χ1v) is 10.2. The fourth-order valence-corrected chi connectivity index (χ4v) is 3.60. The van der Waals surface area contributed by atoms with Crippen LogP contribution in [0.3, 0.4) is 0 Å². The lowest BCUT2D eigenvalue weighted by Gasteiger charge is -2.26. The van der Waals surface area contributed by atoms with Gasteiger partial charge in [0.05, 0.1) is 6.42 Å². The number of nitrogens with one attached hydrogen (secondary N) is 2. The molecule has 0 saturated heterocycles. The summed E-state index contributed by atoms with van der Waals surface area (Å²) in [6.07, 6.45) is 1.92. The molecule has 0 aliphatic rings. The van der Waals surface area contributed by atoms with E-state index in [1.807, 2.05) is 58.2 Å². The number of carbonyl (C=O) groups excluding carboxylic acids is 1. The van der Waals surface area contributed by atoms with E-state index >= 15 is 0 Å². The zero-order chi connectivity index (χ0) is 22.0. The molecule has 0 spiro atoms. The Kier molecular flexibility index (Phi) is 6.14. The van der Waals surface area contributed by atoms with Crippen LogP contribution >= 0.6 is 0 Å². The van der Waals surface area contributed by atoms with Crippen LogP contribution in [0.15, 0.2) is 40.1 Å². The monoisotopic (exact) mass is 411 g/mol. The van der Waals surface area contributed by atoms with E-state index in [1.54, 1.807) is 0 Å². The van der Waals surface area contributed by atoms with Gasteiger partial charge in [0.15, 0.2) is 5.69 Å². The molecular weight excluding hydrogens is 382 g/mol. The Balaban J connectivity index is 2.05. The lowest BCUT2D eigenvalue weighted by atomic mass is 10.1. The Labute approximate surface area is 174 Å². The van der Waals surface area contributed by atoms with Gasteiger partial charge in [-0.1, -0.05) is 45.9 Å². The summed E-state index contributed by atoms with van der Waals surface area (Å²) in [5.41, 5.74) is 6.86. The summed E-state index contributed by atoms with van der Waals surface area (Å²) in [6, 6.07) is 7.74. The first-order chi connectivity index (χ1) is 14.2. The minimum Gasteiger partial charge on any atom is -0.383 e. The average Bonchev–Trinajstić information content (AvgIpc) is 3.06. The predicted octanol–water partition coefficient (Wildman–Crippen LogP) is 2.49. The SMILES string of the molecule is CC(C)CN(C(=O)Cc1c[nH]c2ccccc12)c1c(N)n(CC(C)C)c(=O)[nH]c1=O. The Morgan fingerprint density at radius 1 is 1.13 bits per heavy atom. The van der Waals surface area contributed by atoms with Crippen LogP contribution in [-0.2, 0) is 17.8 Å². The Morgan fingerprint density at radius 2 is 1.83 bits per heavy atom. The third-order valence-corrected chi connectivity index (χ3v) is 4.90. The molecule has 30 heavy (non-hydrogen) atoms. The third-order valence-electron chi connectivity index (χ3n) is 4.90. The van der Waals surface area contributed by atoms with E-state index in [1.165, 1.54) is 9.47 Å². The van der Waals surface area contributed by atoms with Crippen LogP contribution in [0.1, 0.15) is 33.3 Å². The Bertz CT molecular complexity index is 1170. The molecule has 0 bridgehead atoms. The molecule has 4 N–H and O–H groups in total. The van der Waals surface area contributed by atoms with Crippen molar-refractivity contribution in [1.29, 1.82) is 0 Å². The number of anilines is 2. The number of H-pyrrole nitrogens is 2. The number of hydrogen-bond acceptors (Lipinski definition) is 4. The highest BCUT2D eigenvalue weighted by Gasteiger charge is 2.26. The van der Waals surface area contributed by atoms with Gasteiger partial charge in [-0.05, 0) is 23.5 Å². The molecule has 3 aromatic rings. The van der Waals surface area contributed by atoms with Crippen molar-refractivity contribution in [2.75, 3.05) is 17.2 Å². The van der Waals surface area contributed by atoms with E-state index in [2.05, 4.69) is 9.97 Å². The van der Waals surface area contributed by atoms with Gasteiger partial charge in [-0.25, -0.2) is 4.79 Å². The van der Waals surface area contributed by atoms with Gasteiger partial charge in [-0.15, -0.1) is 0 Å². The summed E-state index contributed by atoms with van der Waals surface area (Å²) < 4.78 is 1.33. The fraction of sp³-hybridized carbons (Fsp3) is 0.409. The summed E-state index contributed by atoms with van der Waals surface area (Å²) in [5.74, 6) is 0.0104. The van der Waals surface area contributed by atoms with Crippen molar-refractivity contribution in [2.24, 2.45) is 11.8 Å². The number of rotatable bonds is 7. The standard InChI is InChI=1S/C22H29N5O3/c1-13(2)11-26(18(28)9-15-10-24-17-8-6-5-7-16(15)17)19-20(23)27(12-14(3)4)22(30)25-21(19)29/h5-8,10,13-14,24H,9,11-12,23H2,1-4H3,(H,25,29,30). The number of aromatic nitrogens is 3. The lowest BCUT2D eigenvalue weighted by Crippen LogP contribution is -2.43. The van der Waals surface area contributed by atoms with E-state index in [0.717, 1.165) is 16.5 Å². The summed E-state index contributed by atoms with van der Waals surface area (Å²) in [5, 5.41) is 0.960. The summed E-state index contributed by atoms with van der Waals surface area (Å²) >= 11 is 0. The summed E-state index contributed by atoms with van der Waals surface area (Å²) in [4.78, 5) is 45.2. The van der Waals surface area contributed by atoms with E-state index in [0.29, 0.717) is 13.1 Å². The molecule has 0 atom stereocenters. The third kappa shape index (κ3) is 4.32. The summed E-state index contributed by atoms with van der Waals surface area (Å²) in [7, 11) is 0. The number of para-hydroxylation sites is 1. The van der Waals surface area contributed by atoms with Gasteiger partial charge < -0.3 is 15.6 Å². The number of fused-ring (bicyclic) bond motifs is 1. The number of nitrogen functional groups attached to an aromatic ring is 1. The molecule has 2 aromatic heterocycles. The van der Waals surface area contributed by atoms with Crippen molar-refractivity contribution < 1.29 is 4.79 Å². The van der Waals surface area contributed by atoms with Gasteiger partial charge >= 0.3 is 5.69 Å². The van der Waals surface area contributed by atoms with Gasteiger partial charge in [0.25, 0.3) is 5.56 Å². The average molecular weight is 412 g/mol. The lowest BCUT2D eigenvalue weighted by molar-refractivity contribution is -0.118. The molecule has 1 aromatic carbocycles. The van der Waals surface area contributed by atoms with Crippen molar-refractivity contribution in [1.82, 2.24) is 14.5 Å². The number of benzene rings is 1. The molecule has 0 radical (unpaired) electrons. The van der Waals surface area contributed by atoms with E-state index in [-0.39, 0.29) is 35.7 Å². The van der Waals surface area contributed by atoms with Crippen molar-refractivity contribution in [3.8, 4) is 0 Å².